The molecule has 0 bridgehead atoms. The van der Waals surface area contributed by atoms with Crippen LogP contribution in [0.5, 0.6) is 5.75 Å². The summed E-state index contributed by atoms with van der Waals surface area (Å²) in [5, 5.41) is 12.5. The number of rotatable bonds is 8. The largest absolute Gasteiger partial charge is 0.506 e. The van der Waals surface area contributed by atoms with Crippen LogP contribution in [-0.2, 0) is 24.8 Å². The van der Waals surface area contributed by atoms with Crippen LogP contribution in [0.15, 0.2) is 46.2 Å². The van der Waals surface area contributed by atoms with E-state index in [2.05, 4.69) is 10.0 Å². The monoisotopic (exact) mass is 481 g/mol. The smallest absolute Gasteiger partial charge is 0.243 e. The molecule has 1 fully saturated rings. The number of carbonyl (C=O) groups excluding carboxylic acids is 1. The quantitative estimate of drug-likeness (QED) is 0.495. The van der Waals surface area contributed by atoms with Gasteiger partial charge in [-0.25, -0.2) is 21.6 Å². The first-order chi connectivity index (χ1) is 15.0. The van der Waals surface area contributed by atoms with Crippen LogP contribution < -0.4 is 10.0 Å². The minimum Gasteiger partial charge on any atom is -0.506 e. The summed E-state index contributed by atoms with van der Waals surface area (Å²) < 4.78 is 54.0. The number of hydrogen-bond donors (Lipinski definition) is 3. The first-order valence-corrected chi connectivity index (χ1v) is 13.1. The van der Waals surface area contributed by atoms with E-state index in [-0.39, 0.29) is 34.2 Å². The van der Waals surface area contributed by atoms with Crippen LogP contribution in [-0.4, -0.2) is 51.8 Å². The zero-order valence-corrected chi connectivity index (χ0v) is 19.6. The van der Waals surface area contributed by atoms with Crippen molar-refractivity contribution in [1.29, 1.82) is 0 Å². The molecular formula is C21H27N3O6S2. The number of amides is 1. The minimum atomic E-state index is -3.78. The number of benzene rings is 2. The van der Waals surface area contributed by atoms with Gasteiger partial charge in [-0.1, -0.05) is 6.07 Å². The average molecular weight is 482 g/mol. The third-order valence-electron chi connectivity index (χ3n) is 5.38. The Morgan fingerprint density at radius 1 is 0.969 bits per heavy atom. The highest BCUT2D eigenvalue weighted by molar-refractivity contribution is 7.89. The van der Waals surface area contributed by atoms with Crippen molar-refractivity contribution in [1.82, 2.24) is 9.03 Å². The molecule has 1 aliphatic rings. The van der Waals surface area contributed by atoms with Crippen LogP contribution in [0.2, 0.25) is 0 Å². The number of carbonyl (C=O) groups is 1. The van der Waals surface area contributed by atoms with Crippen LogP contribution in [0.25, 0.3) is 0 Å². The maximum Gasteiger partial charge on any atom is 0.243 e. The Bertz CT molecular complexity index is 1220. The number of hydrogen-bond acceptors (Lipinski definition) is 6. The SMILES string of the molecule is Cc1ccc(S(=O)(=O)NCCC(=O)Nc2cc(S(=O)(=O)N3CCCC3)ccc2O)cc1C. The molecule has 0 spiro atoms. The second kappa shape index (κ2) is 9.57. The van der Waals surface area contributed by atoms with E-state index in [1.807, 2.05) is 13.8 Å². The van der Waals surface area contributed by atoms with E-state index in [1.54, 1.807) is 12.1 Å². The summed E-state index contributed by atoms with van der Waals surface area (Å²) in [6.07, 6.45) is 1.38. The molecule has 0 atom stereocenters. The first-order valence-electron chi connectivity index (χ1n) is 10.2. The summed E-state index contributed by atoms with van der Waals surface area (Å²) in [5.74, 6) is -0.853. The number of aromatic hydroxyl groups is 1. The van der Waals surface area contributed by atoms with Gasteiger partial charge in [-0.15, -0.1) is 0 Å². The van der Waals surface area contributed by atoms with Gasteiger partial charge in [-0.3, -0.25) is 4.79 Å². The van der Waals surface area contributed by atoms with Crippen LogP contribution >= 0.6 is 0 Å². The molecule has 1 saturated heterocycles. The van der Waals surface area contributed by atoms with E-state index in [1.165, 1.54) is 28.6 Å². The number of aryl methyl sites for hydroxylation is 2. The molecule has 2 aromatic carbocycles. The van der Waals surface area contributed by atoms with E-state index in [0.717, 1.165) is 24.0 Å². The number of nitrogens with zero attached hydrogens (tertiary/aromatic N) is 1. The fourth-order valence-corrected chi connectivity index (χ4v) is 5.99. The fraction of sp³-hybridized carbons (Fsp3) is 0.381. The highest BCUT2D eigenvalue weighted by Crippen LogP contribution is 2.29. The van der Waals surface area contributed by atoms with Crippen molar-refractivity contribution in [3.63, 3.8) is 0 Å². The Hall–Kier alpha value is -2.47. The van der Waals surface area contributed by atoms with Crippen LogP contribution in [0.4, 0.5) is 5.69 Å². The van der Waals surface area contributed by atoms with Crippen LogP contribution in [0.3, 0.4) is 0 Å². The van der Waals surface area contributed by atoms with Gasteiger partial charge in [-0.05, 0) is 68.1 Å². The molecule has 0 radical (unpaired) electrons. The molecule has 11 heteroatoms. The van der Waals surface area contributed by atoms with E-state index < -0.39 is 26.0 Å². The molecule has 174 valence electrons. The van der Waals surface area contributed by atoms with Crippen molar-refractivity contribution in [2.24, 2.45) is 0 Å². The standard InChI is InChI=1S/C21H27N3O6S2/c1-15-5-6-17(13-16(15)2)31(27,28)22-10-9-21(26)23-19-14-18(7-8-20(19)25)32(29,30)24-11-3-4-12-24/h5-8,13-14,22,25H,3-4,9-12H2,1-2H3,(H,23,26). The molecule has 3 rings (SSSR count). The Morgan fingerprint density at radius 2 is 1.62 bits per heavy atom. The number of sulfonamides is 2. The Kier molecular flexibility index (Phi) is 7.23. The second-order valence-electron chi connectivity index (χ2n) is 7.73. The lowest BCUT2D eigenvalue weighted by molar-refractivity contribution is -0.116. The van der Waals surface area contributed by atoms with E-state index in [9.17, 15) is 26.7 Å². The van der Waals surface area contributed by atoms with Gasteiger partial charge in [0, 0.05) is 26.1 Å². The fourth-order valence-electron chi connectivity index (χ4n) is 3.33. The van der Waals surface area contributed by atoms with Gasteiger partial charge in [0.05, 0.1) is 15.5 Å². The predicted molar refractivity (Wildman–Crippen MR) is 120 cm³/mol. The summed E-state index contributed by atoms with van der Waals surface area (Å²) in [4.78, 5) is 12.4. The molecule has 0 aromatic heterocycles. The molecule has 1 amide bonds. The Balaban J connectivity index is 1.63. The summed E-state index contributed by atoms with van der Waals surface area (Å²) in [6, 6.07) is 8.47. The molecule has 9 nitrogen and oxygen atoms in total. The maximum absolute atomic E-state index is 12.7. The number of nitrogens with one attached hydrogen (secondary N) is 2. The molecule has 1 aliphatic heterocycles. The Labute approximate surface area is 188 Å². The summed E-state index contributed by atoms with van der Waals surface area (Å²) in [6.45, 7) is 4.40. The van der Waals surface area contributed by atoms with Crippen molar-refractivity contribution in [3.8, 4) is 5.75 Å². The number of anilines is 1. The zero-order valence-electron chi connectivity index (χ0n) is 18.0. The molecule has 1 heterocycles. The number of phenols is 1. The molecule has 32 heavy (non-hydrogen) atoms. The van der Waals surface area contributed by atoms with Crippen LogP contribution in [0, 0.1) is 13.8 Å². The van der Waals surface area contributed by atoms with Gasteiger partial charge in [0.15, 0.2) is 0 Å². The lowest BCUT2D eigenvalue weighted by atomic mass is 10.1. The van der Waals surface area contributed by atoms with Gasteiger partial charge in [0.2, 0.25) is 26.0 Å². The summed E-state index contributed by atoms with van der Waals surface area (Å²) >= 11 is 0. The van der Waals surface area contributed by atoms with Crippen molar-refractivity contribution in [2.75, 3.05) is 25.0 Å². The minimum absolute atomic E-state index is 0.0251. The molecular weight excluding hydrogens is 454 g/mol. The van der Waals surface area contributed by atoms with Crippen molar-refractivity contribution in [3.05, 3.63) is 47.5 Å². The van der Waals surface area contributed by atoms with E-state index in [4.69, 9.17) is 0 Å². The lowest BCUT2D eigenvalue weighted by Gasteiger charge is -2.16. The average Bonchev–Trinajstić information content (AvgIpc) is 3.27. The first kappa shape index (κ1) is 24.2. The maximum atomic E-state index is 12.7. The molecule has 0 unspecified atom stereocenters. The van der Waals surface area contributed by atoms with Gasteiger partial charge in [-0.2, -0.15) is 4.31 Å². The molecule has 2 aromatic rings. The van der Waals surface area contributed by atoms with Gasteiger partial charge in [0.1, 0.15) is 5.75 Å². The van der Waals surface area contributed by atoms with Crippen molar-refractivity contribution >= 4 is 31.6 Å². The van der Waals surface area contributed by atoms with Crippen molar-refractivity contribution < 1.29 is 26.7 Å². The molecule has 0 saturated carbocycles. The van der Waals surface area contributed by atoms with Crippen molar-refractivity contribution in [2.45, 2.75) is 42.9 Å². The third kappa shape index (κ3) is 5.47. The topological polar surface area (TPSA) is 133 Å². The van der Waals surface area contributed by atoms with Gasteiger partial charge in [0.25, 0.3) is 0 Å². The van der Waals surface area contributed by atoms with Crippen LogP contribution in [0.1, 0.15) is 30.4 Å². The highest BCUT2D eigenvalue weighted by Gasteiger charge is 2.28. The summed E-state index contributed by atoms with van der Waals surface area (Å²) in [7, 11) is -7.48. The number of phenolic OH excluding ortho intramolecular Hbond substituents is 1. The normalized spacial score (nSPS) is 15.1. The third-order valence-corrected chi connectivity index (χ3v) is 8.73. The predicted octanol–water partition coefficient (Wildman–Crippen LogP) is 2.10. The van der Waals surface area contributed by atoms with Gasteiger partial charge < -0.3 is 10.4 Å². The molecule has 0 aliphatic carbocycles. The molecule has 3 N–H and O–H groups in total. The Morgan fingerprint density at radius 3 is 2.28 bits per heavy atom. The lowest BCUT2D eigenvalue weighted by Crippen LogP contribution is -2.28. The van der Waals surface area contributed by atoms with E-state index in [0.29, 0.717) is 13.1 Å². The summed E-state index contributed by atoms with van der Waals surface area (Å²) in [5.41, 5.74) is 1.76. The van der Waals surface area contributed by atoms with Gasteiger partial charge >= 0.3 is 0 Å². The van der Waals surface area contributed by atoms with E-state index >= 15 is 0 Å². The zero-order chi connectivity index (χ0) is 23.5. The second-order valence-corrected chi connectivity index (χ2v) is 11.4. The highest BCUT2D eigenvalue weighted by atomic mass is 32.2.